The maximum absolute atomic E-state index is 13.4. The van der Waals surface area contributed by atoms with Crippen LogP contribution in [0.5, 0.6) is 0 Å². The molecule has 0 bridgehead atoms. The van der Waals surface area contributed by atoms with Crippen molar-refractivity contribution in [3.63, 3.8) is 0 Å². The molecule has 2 saturated heterocycles. The molecule has 1 aromatic rings. The Morgan fingerprint density at radius 2 is 1.71 bits per heavy atom. The average Bonchev–Trinajstić information content (AvgIpc) is 3.04. The highest BCUT2D eigenvalue weighted by Crippen LogP contribution is 2.49. The van der Waals surface area contributed by atoms with Gasteiger partial charge in [-0.15, -0.1) is 0 Å². The first kappa shape index (κ1) is 15.1. The first-order valence-corrected chi connectivity index (χ1v) is 7.94. The van der Waals surface area contributed by atoms with Gasteiger partial charge in [0.25, 0.3) is 11.5 Å². The van der Waals surface area contributed by atoms with Gasteiger partial charge in [0.1, 0.15) is 5.54 Å². The number of likely N-dealkylation sites (tertiary alicyclic amines) is 1. The molecule has 6 heteroatoms. The SMILES string of the molecule is CN1C(=O)C2(OC(=O)C=C2c2ccccc2)C(=O)C12CCOCC2. The van der Waals surface area contributed by atoms with Gasteiger partial charge < -0.3 is 14.4 Å². The smallest absolute Gasteiger partial charge is 0.333 e. The minimum atomic E-state index is -1.86. The molecule has 6 nitrogen and oxygen atoms in total. The summed E-state index contributed by atoms with van der Waals surface area (Å²) in [6, 6.07) is 8.96. The second-order valence-electron chi connectivity index (χ2n) is 6.36. The quantitative estimate of drug-likeness (QED) is 0.567. The number of carbonyl (C=O) groups is 3. The maximum Gasteiger partial charge on any atom is 0.333 e. The number of hydrogen-bond donors (Lipinski definition) is 0. The highest BCUT2D eigenvalue weighted by atomic mass is 16.6. The Hall–Kier alpha value is -2.47. The molecule has 0 N–H and O–H groups in total. The maximum atomic E-state index is 13.4. The van der Waals surface area contributed by atoms with E-state index in [-0.39, 0.29) is 5.78 Å². The van der Waals surface area contributed by atoms with Crippen LogP contribution >= 0.6 is 0 Å². The minimum absolute atomic E-state index is 0.332. The molecule has 3 heterocycles. The molecule has 0 aliphatic carbocycles. The summed E-state index contributed by atoms with van der Waals surface area (Å²) >= 11 is 0. The first-order chi connectivity index (χ1) is 11.5. The summed E-state index contributed by atoms with van der Waals surface area (Å²) < 4.78 is 10.7. The topological polar surface area (TPSA) is 72.9 Å². The van der Waals surface area contributed by atoms with Crippen LogP contribution in [0.4, 0.5) is 0 Å². The summed E-state index contributed by atoms with van der Waals surface area (Å²) in [4.78, 5) is 40.0. The molecule has 0 radical (unpaired) electrons. The van der Waals surface area contributed by atoms with Gasteiger partial charge in [0.05, 0.1) is 0 Å². The molecule has 1 atom stereocenters. The zero-order valence-corrected chi connectivity index (χ0v) is 13.3. The Labute approximate surface area is 139 Å². The van der Waals surface area contributed by atoms with E-state index in [1.54, 1.807) is 31.3 Å². The molecular weight excluding hydrogens is 310 g/mol. The molecule has 3 aliphatic rings. The molecule has 4 rings (SSSR count). The van der Waals surface area contributed by atoms with Gasteiger partial charge in [0.15, 0.2) is 0 Å². The van der Waals surface area contributed by atoms with Crippen LogP contribution in [0.3, 0.4) is 0 Å². The number of esters is 1. The fourth-order valence-corrected chi connectivity index (χ4v) is 3.97. The molecule has 1 unspecified atom stereocenters. The van der Waals surface area contributed by atoms with Crippen molar-refractivity contribution in [1.29, 1.82) is 0 Å². The third kappa shape index (κ3) is 1.72. The number of ketones is 1. The van der Waals surface area contributed by atoms with Crippen molar-refractivity contribution in [2.45, 2.75) is 24.0 Å². The Bertz CT molecular complexity index is 763. The van der Waals surface area contributed by atoms with Crippen LogP contribution in [-0.2, 0) is 23.9 Å². The van der Waals surface area contributed by atoms with Crippen molar-refractivity contribution < 1.29 is 23.9 Å². The van der Waals surface area contributed by atoms with Gasteiger partial charge in [-0.2, -0.15) is 0 Å². The van der Waals surface area contributed by atoms with Gasteiger partial charge in [-0.05, 0) is 5.56 Å². The Kier molecular flexibility index (Phi) is 3.15. The van der Waals surface area contributed by atoms with Gasteiger partial charge in [-0.1, -0.05) is 30.3 Å². The van der Waals surface area contributed by atoms with E-state index >= 15 is 0 Å². The van der Waals surface area contributed by atoms with E-state index in [4.69, 9.17) is 9.47 Å². The molecule has 2 fully saturated rings. The predicted octanol–water partition coefficient (Wildman–Crippen LogP) is 0.956. The molecule has 3 aliphatic heterocycles. The van der Waals surface area contributed by atoms with Gasteiger partial charge in [-0.3, -0.25) is 9.59 Å². The third-order valence-corrected chi connectivity index (χ3v) is 5.29. The predicted molar refractivity (Wildman–Crippen MR) is 83.8 cm³/mol. The van der Waals surface area contributed by atoms with Crippen LogP contribution in [0.1, 0.15) is 18.4 Å². The van der Waals surface area contributed by atoms with Crippen molar-refractivity contribution in [3.05, 3.63) is 42.0 Å². The molecule has 1 aromatic carbocycles. The number of benzene rings is 1. The average molecular weight is 327 g/mol. The standard InChI is InChI=1S/C18H17NO5/c1-19-16(22)18(15(21)17(19)7-9-23-10-8-17)13(11-14(20)24-18)12-5-3-2-4-6-12/h2-6,11H,7-10H2,1H3. The number of carbonyl (C=O) groups excluding carboxylic acids is 3. The molecule has 0 saturated carbocycles. The number of Topliss-reactive ketones (excluding diaryl/α,β-unsaturated/α-hetero) is 1. The minimum Gasteiger partial charge on any atom is -0.432 e. The lowest BCUT2D eigenvalue weighted by atomic mass is 9.77. The van der Waals surface area contributed by atoms with Gasteiger partial charge >= 0.3 is 5.97 Å². The van der Waals surface area contributed by atoms with Crippen LogP contribution < -0.4 is 0 Å². The van der Waals surface area contributed by atoms with Crippen LogP contribution in [0.2, 0.25) is 0 Å². The van der Waals surface area contributed by atoms with E-state index in [2.05, 4.69) is 0 Å². The summed E-state index contributed by atoms with van der Waals surface area (Å²) in [7, 11) is 1.61. The van der Waals surface area contributed by atoms with E-state index in [1.807, 2.05) is 6.07 Å². The van der Waals surface area contributed by atoms with E-state index in [0.717, 1.165) is 0 Å². The van der Waals surface area contributed by atoms with Gasteiger partial charge in [-0.25, -0.2) is 4.79 Å². The molecule has 1 amide bonds. The molecule has 24 heavy (non-hydrogen) atoms. The highest BCUT2D eigenvalue weighted by Gasteiger charge is 2.71. The monoisotopic (exact) mass is 327 g/mol. The summed E-state index contributed by atoms with van der Waals surface area (Å²) in [5.41, 5.74) is -1.85. The number of rotatable bonds is 1. The van der Waals surface area contributed by atoms with Crippen LogP contribution in [0.25, 0.3) is 5.57 Å². The summed E-state index contributed by atoms with van der Waals surface area (Å²) in [6.45, 7) is 0.801. The fourth-order valence-electron chi connectivity index (χ4n) is 3.97. The van der Waals surface area contributed by atoms with Crippen LogP contribution in [-0.4, -0.2) is 54.0 Å². The van der Waals surface area contributed by atoms with E-state index in [1.165, 1.54) is 11.0 Å². The van der Waals surface area contributed by atoms with Crippen molar-refractivity contribution in [3.8, 4) is 0 Å². The van der Waals surface area contributed by atoms with Crippen LogP contribution in [0.15, 0.2) is 36.4 Å². The highest BCUT2D eigenvalue weighted by molar-refractivity contribution is 6.31. The largest absolute Gasteiger partial charge is 0.432 e. The molecule has 2 spiro atoms. The second-order valence-corrected chi connectivity index (χ2v) is 6.36. The number of amides is 1. The normalized spacial score (nSPS) is 28.6. The Morgan fingerprint density at radius 3 is 2.38 bits per heavy atom. The van der Waals surface area contributed by atoms with Crippen molar-refractivity contribution in [2.24, 2.45) is 0 Å². The first-order valence-electron chi connectivity index (χ1n) is 7.94. The lowest BCUT2D eigenvalue weighted by Crippen LogP contribution is -2.52. The van der Waals surface area contributed by atoms with Crippen LogP contribution in [0, 0.1) is 0 Å². The van der Waals surface area contributed by atoms with E-state index in [0.29, 0.717) is 37.2 Å². The zero-order valence-electron chi connectivity index (χ0n) is 13.3. The van der Waals surface area contributed by atoms with Crippen molar-refractivity contribution >= 4 is 23.2 Å². The summed E-state index contributed by atoms with van der Waals surface area (Å²) in [5.74, 6) is -1.49. The molecule has 0 aromatic heterocycles. The number of likely N-dealkylation sites (N-methyl/N-ethyl adjacent to an activating group) is 1. The third-order valence-electron chi connectivity index (χ3n) is 5.29. The zero-order chi connectivity index (χ0) is 16.9. The van der Waals surface area contributed by atoms with E-state index in [9.17, 15) is 14.4 Å². The van der Waals surface area contributed by atoms with Crippen molar-refractivity contribution in [1.82, 2.24) is 4.90 Å². The summed E-state index contributed by atoms with van der Waals surface area (Å²) in [5, 5.41) is 0. The van der Waals surface area contributed by atoms with Gasteiger partial charge in [0.2, 0.25) is 5.78 Å². The van der Waals surface area contributed by atoms with Crippen molar-refractivity contribution in [2.75, 3.05) is 20.3 Å². The molecule has 124 valence electrons. The Balaban J connectivity index is 1.87. The number of ether oxygens (including phenoxy) is 2. The second kappa shape index (κ2) is 5.01. The van der Waals surface area contributed by atoms with E-state index < -0.39 is 23.0 Å². The lowest BCUT2D eigenvalue weighted by Gasteiger charge is -2.37. The lowest BCUT2D eigenvalue weighted by molar-refractivity contribution is -0.159. The fraction of sp³-hybridized carbons (Fsp3) is 0.389. The van der Waals surface area contributed by atoms with Gasteiger partial charge in [0, 0.05) is 44.8 Å². The summed E-state index contributed by atoms with van der Waals surface area (Å²) in [6.07, 6.45) is 2.09. The number of hydrogen-bond acceptors (Lipinski definition) is 5. The molecular formula is C18H17NO5. The number of nitrogens with zero attached hydrogens (tertiary/aromatic N) is 1. The Morgan fingerprint density at radius 1 is 1.04 bits per heavy atom.